The van der Waals surface area contributed by atoms with Gasteiger partial charge in [-0.3, -0.25) is 4.98 Å². The number of anilines is 2. The minimum Gasteiger partial charge on any atom is -0.384 e. The highest BCUT2D eigenvalue weighted by molar-refractivity contribution is 5.54. The fraction of sp³-hybridized carbons (Fsp3) is 0.615. The Bertz CT molecular complexity index is 321. The van der Waals surface area contributed by atoms with Crippen molar-refractivity contribution in [3.05, 3.63) is 18.5 Å². The average Bonchev–Trinajstić information content (AvgIpc) is 2.17. The van der Waals surface area contributed by atoms with Crippen LogP contribution in [0.5, 0.6) is 0 Å². The molecular weight excluding hydrogens is 198 g/mol. The third-order valence-electron chi connectivity index (χ3n) is 2.48. The van der Waals surface area contributed by atoms with E-state index in [1.165, 1.54) is 6.42 Å². The molecule has 0 aromatic carbocycles. The summed E-state index contributed by atoms with van der Waals surface area (Å²) in [5.74, 6) is 0. The van der Waals surface area contributed by atoms with Gasteiger partial charge in [-0.25, -0.2) is 0 Å². The molecule has 1 aromatic heterocycles. The molecule has 1 rings (SSSR count). The van der Waals surface area contributed by atoms with Crippen molar-refractivity contribution in [1.29, 1.82) is 0 Å². The largest absolute Gasteiger partial charge is 0.384 e. The molecule has 0 saturated heterocycles. The van der Waals surface area contributed by atoms with E-state index in [2.05, 4.69) is 49.4 Å². The molecule has 3 heteroatoms. The fourth-order valence-corrected chi connectivity index (χ4v) is 1.89. The van der Waals surface area contributed by atoms with E-state index >= 15 is 0 Å². The van der Waals surface area contributed by atoms with Crippen LogP contribution in [-0.2, 0) is 0 Å². The van der Waals surface area contributed by atoms with Gasteiger partial charge in [0.2, 0.25) is 0 Å². The summed E-state index contributed by atoms with van der Waals surface area (Å²) in [5, 5.41) is 6.78. The lowest BCUT2D eigenvalue weighted by atomic mass is 9.99. The maximum absolute atomic E-state index is 4.22. The van der Waals surface area contributed by atoms with Crippen LogP contribution in [0.15, 0.2) is 18.5 Å². The topological polar surface area (TPSA) is 37.0 Å². The van der Waals surface area contributed by atoms with Crippen molar-refractivity contribution in [1.82, 2.24) is 4.98 Å². The Morgan fingerprint density at radius 3 is 2.50 bits per heavy atom. The Morgan fingerprint density at radius 2 is 1.88 bits per heavy atom. The molecule has 0 bridgehead atoms. The summed E-state index contributed by atoms with van der Waals surface area (Å²) in [6.07, 6.45) is 6.05. The third-order valence-corrected chi connectivity index (χ3v) is 2.48. The van der Waals surface area contributed by atoms with Crippen LogP contribution in [0.2, 0.25) is 0 Å². The van der Waals surface area contributed by atoms with Gasteiger partial charge < -0.3 is 10.6 Å². The minimum atomic E-state index is 0.126. The first kappa shape index (κ1) is 12.8. The predicted molar refractivity (Wildman–Crippen MR) is 71.0 cm³/mol. The van der Waals surface area contributed by atoms with Gasteiger partial charge in [0, 0.05) is 12.1 Å². The van der Waals surface area contributed by atoms with E-state index in [1.807, 2.05) is 12.4 Å². The fourth-order valence-electron chi connectivity index (χ4n) is 1.89. The highest BCUT2D eigenvalue weighted by Gasteiger charge is 2.15. The number of nitrogens with one attached hydrogen (secondary N) is 2. The van der Waals surface area contributed by atoms with E-state index in [0.717, 1.165) is 24.3 Å². The number of hydrogen-bond acceptors (Lipinski definition) is 3. The van der Waals surface area contributed by atoms with Gasteiger partial charge in [0.15, 0.2) is 0 Å². The lowest BCUT2D eigenvalue weighted by molar-refractivity contribution is 0.511. The average molecular weight is 221 g/mol. The van der Waals surface area contributed by atoms with Crippen molar-refractivity contribution >= 4 is 11.4 Å². The van der Waals surface area contributed by atoms with Gasteiger partial charge in [-0.1, -0.05) is 13.3 Å². The molecule has 0 unspecified atom stereocenters. The van der Waals surface area contributed by atoms with Crippen molar-refractivity contribution in [2.24, 2.45) is 0 Å². The molecule has 90 valence electrons. The molecule has 0 aliphatic rings. The zero-order valence-electron chi connectivity index (χ0n) is 10.8. The second-order valence-electron chi connectivity index (χ2n) is 4.75. The third kappa shape index (κ3) is 4.09. The summed E-state index contributed by atoms with van der Waals surface area (Å²) >= 11 is 0. The van der Waals surface area contributed by atoms with Crippen LogP contribution >= 0.6 is 0 Å². The maximum Gasteiger partial charge on any atom is 0.0551 e. The molecule has 0 aliphatic heterocycles. The Balaban J connectivity index is 2.69. The van der Waals surface area contributed by atoms with E-state index in [-0.39, 0.29) is 5.54 Å². The van der Waals surface area contributed by atoms with Gasteiger partial charge in [-0.15, -0.1) is 0 Å². The van der Waals surface area contributed by atoms with E-state index in [4.69, 9.17) is 0 Å². The van der Waals surface area contributed by atoms with Crippen LogP contribution in [0, 0.1) is 0 Å². The Labute approximate surface area is 98.7 Å². The van der Waals surface area contributed by atoms with Gasteiger partial charge in [0.05, 0.1) is 23.8 Å². The summed E-state index contributed by atoms with van der Waals surface area (Å²) in [6, 6.07) is 2.11. The normalized spacial score (nSPS) is 11.2. The van der Waals surface area contributed by atoms with E-state index in [9.17, 15) is 0 Å². The summed E-state index contributed by atoms with van der Waals surface area (Å²) in [5.41, 5.74) is 2.28. The van der Waals surface area contributed by atoms with E-state index < -0.39 is 0 Å². The quantitative estimate of drug-likeness (QED) is 0.772. The van der Waals surface area contributed by atoms with Crippen LogP contribution in [0.4, 0.5) is 11.4 Å². The Hall–Kier alpha value is -1.25. The van der Waals surface area contributed by atoms with Gasteiger partial charge >= 0.3 is 0 Å². The van der Waals surface area contributed by atoms with E-state index in [1.54, 1.807) is 0 Å². The van der Waals surface area contributed by atoms with Crippen LogP contribution in [-0.4, -0.2) is 17.1 Å². The van der Waals surface area contributed by atoms with Crippen molar-refractivity contribution < 1.29 is 0 Å². The summed E-state index contributed by atoms with van der Waals surface area (Å²) in [6.45, 7) is 9.65. The first-order valence-corrected chi connectivity index (χ1v) is 6.04. The molecular formula is C13H23N3. The molecule has 1 aromatic rings. The van der Waals surface area contributed by atoms with Crippen molar-refractivity contribution in [2.75, 3.05) is 17.2 Å². The first-order valence-electron chi connectivity index (χ1n) is 6.04. The van der Waals surface area contributed by atoms with Crippen LogP contribution in [0.3, 0.4) is 0 Å². The lowest BCUT2D eigenvalue weighted by Crippen LogP contribution is -2.30. The Kier molecular flexibility index (Phi) is 4.59. The second-order valence-corrected chi connectivity index (χ2v) is 4.75. The number of aromatic nitrogens is 1. The maximum atomic E-state index is 4.22. The Morgan fingerprint density at radius 1 is 1.19 bits per heavy atom. The molecule has 0 saturated carbocycles. The molecule has 2 N–H and O–H groups in total. The SMILES string of the molecule is CCCC(C)(C)Nc1cncc(NCC)c1. The molecule has 0 atom stereocenters. The van der Waals surface area contributed by atoms with Crippen LogP contribution in [0.1, 0.15) is 40.5 Å². The number of hydrogen-bond donors (Lipinski definition) is 2. The van der Waals surface area contributed by atoms with Gasteiger partial charge in [0.25, 0.3) is 0 Å². The summed E-state index contributed by atoms with van der Waals surface area (Å²) in [4.78, 5) is 4.22. The second kappa shape index (κ2) is 5.73. The molecule has 16 heavy (non-hydrogen) atoms. The molecule has 0 fully saturated rings. The monoisotopic (exact) mass is 221 g/mol. The van der Waals surface area contributed by atoms with E-state index in [0.29, 0.717) is 0 Å². The smallest absolute Gasteiger partial charge is 0.0551 e. The zero-order chi connectivity index (χ0) is 12.0. The van der Waals surface area contributed by atoms with Crippen molar-refractivity contribution in [2.45, 2.75) is 46.1 Å². The molecule has 0 aliphatic carbocycles. The molecule has 0 spiro atoms. The van der Waals surface area contributed by atoms with Gasteiger partial charge in [-0.05, 0) is 33.3 Å². The summed E-state index contributed by atoms with van der Waals surface area (Å²) in [7, 11) is 0. The first-order chi connectivity index (χ1) is 7.57. The zero-order valence-corrected chi connectivity index (χ0v) is 10.8. The molecule has 1 heterocycles. The lowest BCUT2D eigenvalue weighted by Gasteiger charge is -2.27. The van der Waals surface area contributed by atoms with Crippen LogP contribution in [0.25, 0.3) is 0 Å². The highest BCUT2D eigenvalue weighted by Crippen LogP contribution is 2.20. The highest BCUT2D eigenvalue weighted by atomic mass is 15.0. The minimum absolute atomic E-state index is 0.126. The standard InChI is InChI=1S/C13H23N3/c1-5-7-13(3,4)16-12-8-11(15-6-2)9-14-10-12/h8-10,15-16H,5-7H2,1-4H3. The summed E-state index contributed by atoms with van der Waals surface area (Å²) < 4.78 is 0. The van der Waals surface area contributed by atoms with Crippen molar-refractivity contribution in [3.63, 3.8) is 0 Å². The van der Waals surface area contributed by atoms with Crippen molar-refractivity contribution in [3.8, 4) is 0 Å². The predicted octanol–water partition coefficient (Wildman–Crippen LogP) is 3.50. The van der Waals surface area contributed by atoms with Gasteiger partial charge in [0.1, 0.15) is 0 Å². The van der Waals surface area contributed by atoms with Gasteiger partial charge in [-0.2, -0.15) is 0 Å². The molecule has 0 amide bonds. The molecule has 0 radical (unpaired) electrons. The number of pyridine rings is 1. The number of rotatable bonds is 6. The molecule has 3 nitrogen and oxygen atoms in total. The number of nitrogens with zero attached hydrogens (tertiary/aromatic N) is 1. The van der Waals surface area contributed by atoms with Crippen LogP contribution < -0.4 is 10.6 Å².